The number of benzene rings is 2. The quantitative estimate of drug-likeness (QED) is 0.367. The first-order chi connectivity index (χ1) is 14.6. The predicted octanol–water partition coefficient (Wildman–Crippen LogP) is 6.40. The van der Waals surface area contributed by atoms with Crippen molar-refractivity contribution in [2.45, 2.75) is 59.3 Å². The Labute approximate surface area is 179 Å². The summed E-state index contributed by atoms with van der Waals surface area (Å²) in [5.74, 6) is 0.561. The lowest BCUT2D eigenvalue weighted by molar-refractivity contribution is 0.0818. The zero-order chi connectivity index (χ0) is 21.3. The fourth-order valence-corrected chi connectivity index (χ4v) is 3.83. The number of carbonyl (C=O) groups excluding carboxylic acids is 1. The van der Waals surface area contributed by atoms with Crippen LogP contribution in [0.15, 0.2) is 54.6 Å². The summed E-state index contributed by atoms with van der Waals surface area (Å²) in [6.07, 6.45) is 7.16. The van der Waals surface area contributed by atoms with E-state index in [1.807, 2.05) is 68.4 Å². The first-order valence-corrected chi connectivity index (χ1v) is 11.0. The molecular formula is C26H32N2O2. The maximum atomic E-state index is 12.8. The molecule has 0 saturated carbocycles. The topological polar surface area (TPSA) is 44.1 Å². The van der Waals surface area contributed by atoms with E-state index in [0.29, 0.717) is 5.75 Å². The Bertz CT molecular complexity index is 960. The van der Waals surface area contributed by atoms with Gasteiger partial charge in [-0.25, -0.2) is 4.68 Å². The van der Waals surface area contributed by atoms with Crippen molar-refractivity contribution in [3.8, 4) is 16.9 Å². The average Bonchev–Trinajstić information content (AvgIpc) is 3.06. The summed E-state index contributed by atoms with van der Waals surface area (Å²) in [6, 6.07) is 17.9. The number of aromatic nitrogens is 2. The summed E-state index contributed by atoms with van der Waals surface area (Å²) in [7, 11) is 0. The second-order valence-electron chi connectivity index (χ2n) is 7.77. The molecule has 158 valence electrons. The average molecular weight is 405 g/mol. The zero-order valence-electron chi connectivity index (χ0n) is 18.4. The number of nitrogens with zero attached hydrogens (tertiary/aromatic N) is 2. The van der Waals surface area contributed by atoms with Crippen LogP contribution in [0.25, 0.3) is 11.1 Å². The van der Waals surface area contributed by atoms with Gasteiger partial charge in [-0.1, -0.05) is 81.1 Å². The van der Waals surface area contributed by atoms with E-state index >= 15 is 0 Å². The van der Waals surface area contributed by atoms with Gasteiger partial charge in [0, 0.05) is 11.3 Å². The van der Waals surface area contributed by atoms with Gasteiger partial charge in [-0.15, -0.1) is 0 Å². The Hall–Kier alpha value is -2.88. The summed E-state index contributed by atoms with van der Waals surface area (Å²) < 4.78 is 7.44. The van der Waals surface area contributed by atoms with Crippen molar-refractivity contribution in [3.63, 3.8) is 0 Å². The van der Waals surface area contributed by atoms with Crippen LogP contribution in [0.2, 0.25) is 0 Å². The number of ether oxygens (including phenoxy) is 1. The van der Waals surface area contributed by atoms with Crippen molar-refractivity contribution < 1.29 is 9.53 Å². The Morgan fingerprint density at radius 2 is 1.63 bits per heavy atom. The molecule has 0 aliphatic heterocycles. The van der Waals surface area contributed by atoms with Gasteiger partial charge in [-0.3, -0.25) is 4.79 Å². The highest BCUT2D eigenvalue weighted by Gasteiger charge is 2.17. The first-order valence-electron chi connectivity index (χ1n) is 11.0. The van der Waals surface area contributed by atoms with Crippen LogP contribution in [0.1, 0.15) is 60.8 Å². The molecule has 4 heteroatoms. The molecule has 0 aliphatic carbocycles. The SMILES string of the molecule is CCCCCCCc1c(C)nn(C(=O)COc2ccccc2-c2ccccc2)c1C. The fourth-order valence-electron chi connectivity index (χ4n) is 3.83. The standard InChI is InChI=1S/C26H32N2O2/c1-4-5-6-7-11-16-23-20(2)27-28(21(23)3)26(29)19-30-25-18-13-12-17-24(25)22-14-9-8-10-15-22/h8-10,12-15,17-18H,4-7,11,16,19H2,1-3H3. The van der Waals surface area contributed by atoms with E-state index in [2.05, 4.69) is 12.0 Å². The normalized spacial score (nSPS) is 10.9. The number of rotatable bonds is 10. The van der Waals surface area contributed by atoms with Gasteiger partial charge < -0.3 is 4.74 Å². The molecule has 30 heavy (non-hydrogen) atoms. The van der Waals surface area contributed by atoms with Crippen LogP contribution >= 0.6 is 0 Å². The predicted molar refractivity (Wildman–Crippen MR) is 122 cm³/mol. The van der Waals surface area contributed by atoms with Gasteiger partial charge in [-0.05, 0) is 43.9 Å². The van der Waals surface area contributed by atoms with E-state index in [1.165, 1.54) is 35.9 Å². The molecule has 0 aliphatic rings. The number of para-hydroxylation sites is 1. The molecule has 3 rings (SSSR count). The second kappa shape index (κ2) is 10.8. The van der Waals surface area contributed by atoms with E-state index < -0.39 is 0 Å². The van der Waals surface area contributed by atoms with Gasteiger partial charge in [0.05, 0.1) is 5.69 Å². The van der Waals surface area contributed by atoms with Gasteiger partial charge >= 0.3 is 0 Å². The van der Waals surface area contributed by atoms with Crippen LogP contribution in [-0.4, -0.2) is 22.3 Å². The van der Waals surface area contributed by atoms with Crippen LogP contribution in [0.3, 0.4) is 0 Å². The molecule has 0 saturated heterocycles. The van der Waals surface area contributed by atoms with Crippen LogP contribution in [0, 0.1) is 13.8 Å². The number of hydrogen-bond donors (Lipinski definition) is 0. The van der Waals surface area contributed by atoms with Gasteiger partial charge in [0.1, 0.15) is 5.75 Å². The molecule has 2 aromatic carbocycles. The van der Waals surface area contributed by atoms with Crippen molar-refractivity contribution in [1.29, 1.82) is 0 Å². The van der Waals surface area contributed by atoms with Gasteiger partial charge in [0.15, 0.2) is 6.61 Å². The Morgan fingerprint density at radius 3 is 2.40 bits per heavy atom. The van der Waals surface area contributed by atoms with E-state index in [0.717, 1.165) is 35.4 Å². The summed E-state index contributed by atoms with van der Waals surface area (Å²) in [5, 5.41) is 4.51. The minimum atomic E-state index is -0.143. The lowest BCUT2D eigenvalue weighted by Crippen LogP contribution is -2.22. The summed E-state index contributed by atoms with van der Waals surface area (Å²) in [6.45, 7) is 6.16. The molecule has 0 atom stereocenters. The van der Waals surface area contributed by atoms with Crippen LogP contribution in [-0.2, 0) is 6.42 Å². The van der Waals surface area contributed by atoms with Gasteiger partial charge in [-0.2, -0.15) is 5.10 Å². The van der Waals surface area contributed by atoms with Crippen LogP contribution in [0.5, 0.6) is 5.75 Å². The number of unbranched alkanes of at least 4 members (excludes halogenated alkanes) is 4. The van der Waals surface area contributed by atoms with Crippen molar-refractivity contribution in [3.05, 3.63) is 71.5 Å². The third kappa shape index (κ3) is 5.38. The van der Waals surface area contributed by atoms with Crippen molar-refractivity contribution in [2.24, 2.45) is 0 Å². The molecular weight excluding hydrogens is 372 g/mol. The molecule has 0 radical (unpaired) electrons. The van der Waals surface area contributed by atoms with E-state index in [9.17, 15) is 4.79 Å². The molecule has 0 spiro atoms. The third-order valence-corrected chi connectivity index (χ3v) is 5.53. The maximum absolute atomic E-state index is 12.8. The summed E-state index contributed by atoms with van der Waals surface area (Å²) in [4.78, 5) is 12.8. The highest BCUT2D eigenvalue weighted by molar-refractivity contribution is 5.81. The van der Waals surface area contributed by atoms with Crippen LogP contribution in [0.4, 0.5) is 0 Å². The molecule has 1 heterocycles. The first kappa shape index (κ1) is 21.8. The van der Waals surface area contributed by atoms with E-state index in [-0.39, 0.29) is 12.5 Å². The second-order valence-corrected chi connectivity index (χ2v) is 7.77. The number of aryl methyl sites for hydroxylation is 1. The zero-order valence-corrected chi connectivity index (χ0v) is 18.4. The molecule has 1 aromatic heterocycles. The molecule has 0 N–H and O–H groups in total. The summed E-state index contributed by atoms with van der Waals surface area (Å²) in [5.41, 5.74) is 5.13. The van der Waals surface area contributed by atoms with E-state index in [1.54, 1.807) is 0 Å². The molecule has 0 amide bonds. The highest BCUT2D eigenvalue weighted by atomic mass is 16.5. The monoisotopic (exact) mass is 404 g/mol. The maximum Gasteiger partial charge on any atom is 0.284 e. The van der Waals surface area contributed by atoms with Crippen molar-refractivity contribution in [2.75, 3.05) is 6.61 Å². The van der Waals surface area contributed by atoms with Crippen molar-refractivity contribution in [1.82, 2.24) is 9.78 Å². The summed E-state index contributed by atoms with van der Waals surface area (Å²) >= 11 is 0. The Balaban J connectivity index is 1.66. The number of carbonyl (C=O) groups is 1. The molecule has 3 aromatic rings. The smallest absolute Gasteiger partial charge is 0.284 e. The molecule has 4 nitrogen and oxygen atoms in total. The lowest BCUT2D eigenvalue weighted by atomic mass is 10.0. The Morgan fingerprint density at radius 1 is 0.933 bits per heavy atom. The van der Waals surface area contributed by atoms with Crippen molar-refractivity contribution >= 4 is 5.91 Å². The Kier molecular flexibility index (Phi) is 7.83. The minimum Gasteiger partial charge on any atom is -0.483 e. The largest absolute Gasteiger partial charge is 0.483 e. The fraction of sp³-hybridized carbons (Fsp3) is 0.385. The lowest BCUT2D eigenvalue weighted by Gasteiger charge is -2.11. The molecule has 0 bridgehead atoms. The third-order valence-electron chi connectivity index (χ3n) is 5.53. The molecule has 0 unspecified atom stereocenters. The highest BCUT2D eigenvalue weighted by Crippen LogP contribution is 2.29. The van der Waals surface area contributed by atoms with E-state index in [4.69, 9.17) is 4.74 Å². The number of hydrogen-bond acceptors (Lipinski definition) is 3. The molecule has 0 fully saturated rings. The van der Waals surface area contributed by atoms with Gasteiger partial charge in [0.25, 0.3) is 5.91 Å². The van der Waals surface area contributed by atoms with Gasteiger partial charge in [0.2, 0.25) is 0 Å². The minimum absolute atomic E-state index is 0.0399. The van der Waals surface area contributed by atoms with Crippen LogP contribution < -0.4 is 4.74 Å².